The number of nitro groups is 6. The summed E-state index contributed by atoms with van der Waals surface area (Å²) in [6.07, 6.45) is -0.806. The fourth-order valence-electron chi connectivity index (χ4n) is 4.12. The van der Waals surface area contributed by atoms with Crippen molar-refractivity contribution >= 4 is 69.9 Å². The summed E-state index contributed by atoms with van der Waals surface area (Å²) < 4.78 is 8.79. The van der Waals surface area contributed by atoms with Crippen molar-refractivity contribution in [1.82, 2.24) is 6.15 Å². The molecule has 334 valence electrons. The van der Waals surface area contributed by atoms with E-state index in [4.69, 9.17) is 51.9 Å². The van der Waals surface area contributed by atoms with Crippen molar-refractivity contribution in [3.63, 3.8) is 0 Å². The van der Waals surface area contributed by atoms with Crippen LogP contribution in [-0.4, -0.2) is 140 Å². The molecule has 2 rings (SSSR count). The molecular formula is C26H28N9NaO26. The molecular weight excluding hydrogens is 877 g/mol. The summed E-state index contributed by atoms with van der Waals surface area (Å²) >= 11 is 0. The van der Waals surface area contributed by atoms with E-state index in [1.807, 2.05) is 0 Å². The predicted molar refractivity (Wildman–Crippen MR) is 185 cm³/mol. The van der Waals surface area contributed by atoms with E-state index in [0.717, 1.165) is 0 Å². The summed E-state index contributed by atoms with van der Waals surface area (Å²) in [7, 11) is 0. The summed E-state index contributed by atoms with van der Waals surface area (Å²) in [5.74, 6) is -10.5. The van der Waals surface area contributed by atoms with E-state index in [-0.39, 0.29) is 37.1 Å². The maximum Gasteiger partial charge on any atom is 1.00 e. The molecule has 0 fully saturated rings. The Hall–Kier alpha value is -8.33. The second-order valence-corrected chi connectivity index (χ2v) is 10.4. The molecule has 2 aromatic carbocycles. The van der Waals surface area contributed by atoms with Crippen molar-refractivity contribution in [3.05, 3.63) is 91.5 Å². The fraction of sp³-hybridized carbons (Fsp3) is 0.269. The number of quaternary nitrogens is 1. The van der Waals surface area contributed by atoms with Crippen molar-refractivity contribution in [2.24, 2.45) is 0 Å². The quantitative estimate of drug-likeness (QED) is 0.0131. The van der Waals surface area contributed by atoms with Gasteiger partial charge in [0.15, 0.2) is 26.2 Å². The number of nitrogens with zero attached hydrogens (tertiary/aromatic N) is 8. The van der Waals surface area contributed by atoms with Crippen LogP contribution in [0.4, 0.5) is 34.1 Å². The molecule has 0 aromatic heterocycles. The summed E-state index contributed by atoms with van der Waals surface area (Å²) in [6.45, 7) is -0.416. The molecule has 0 unspecified atom stereocenters. The second-order valence-electron chi connectivity index (χ2n) is 10.4. The van der Waals surface area contributed by atoms with Gasteiger partial charge in [-0.3, -0.25) is 74.8 Å². The van der Waals surface area contributed by atoms with Gasteiger partial charge in [-0.15, -0.1) is 0 Å². The summed E-state index contributed by atoms with van der Waals surface area (Å²) in [6, 6.07) is 1.59. The van der Waals surface area contributed by atoms with E-state index in [1.54, 1.807) is 0 Å². The van der Waals surface area contributed by atoms with E-state index in [0.29, 0.717) is 24.3 Å². The van der Waals surface area contributed by atoms with E-state index < -0.39 is 161 Å². The van der Waals surface area contributed by atoms with Gasteiger partial charge in [0, 0.05) is 0 Å². The Morgan fingerprint density at radius 2 is 0.710 bits per heavy atom. The molecule has 0 spiro atoms. The molecule has 0 amide bonds. The zero-order chi connectivity index (χ0) is 47.2. The van der Waals surface area contributed by atoms with Crippen molar-refractivity contribution in [1.29, 1.82) is 5.26 Å². The normalized spacial score (nSPS) is 9.52. The largest absolute Gasteiger partial charge is 1.00 e. The Morgan fingerprint density at radius 3 is 0.839 bits per heavy atom. The number of carboxylic acids is 6. The minimum absolute atomic E-state index is 0. The first kappa shape index (κ1) is 60.3. The van der Waals surface area contributed by atoms with Gasteiger partial charge in [-0.25, -0.2) is 19.2 Å². The number of hydrogen-bond donors (Lipinski definition) is 7. The van der Waals surface area contributed by atoms with Crippen molar-refractivity contribution in [3.8, 4) is 11.5 Å². The third kappa shape index (κ3) is 21.4. The minimum atomic E-state index is -1.46. The van der Waals surface area contributed by atoms with Crippen LogP contribution in [0.1, 0.15) is 7.85 Å². The van der Waals surface area contributed by atoms with Crippen LogP contribution in [0, 0.1) is 72.5 Å². The molecule has 0 saturated carbocycles. The predicted octanol–water partition coefficient (Wildman–Crippen LogP) is -2.34. The number of non-ortho nitro benzene ring substituents is 2. The number of carboxylic acid groups (broad SMARTS) is 6. The number of hydrogen-bond acceptors (Lipinski definition) is 22. The topological polar surface area (TPSA) is 560 Å². The number of rotatable bonds is 21. The Labute approximate surface area is 363 Å². The van der Waals surface area contributed by atoms with Gasteiger partial charge in [0.25, 0.3) is 22.9 Å². The van der Waals surface area contributed by atoms with Gasteiger partial charge in [-0.2, -0.15) is 0 Å². The van der Waals surface area contributed by atoms with Crippen molar-refractivity contribution in [2.75, 3.05) is 39.4 Å². The third-order valence-electron chi connectivity index (χ3n) is 6.04. The van der Waals surface area contributed by atoms with Gasteiger partial charge in [-0.1, -0.05) is 0 Å². The van der Waals surface area contributed by atoms with Gasteiger partial charge >= 0.3 is 88.1 Å². The first-order chi connectivity index (χ1) is 27.6. The van der Waals surface area contributed by atoms with E-state index in [9.17, 15) is 89.5 Å². The van der Waals surface area contributed by atoms with Crippen LogP contribution in [0.15, 0.2) is 24.3 Å². The summed E-state index contributed by atoms with van der Waals surface area (Å²) in [5.41, 5.74) is -6.53. The molecule has 35 nitrogen and oxygen atoms in total. The molecule has 0 heterocycles. The third-order valence-corrected chi connectivity index (χ3v) is 6.04. The van der Waals surface area contributed by atoms with Gasteiger partial charge in [-0.05, 0) is 0 Å². The molecule has 2 aromatic rings. The number of carbonyl (C=O) groups is 6. The van der Waals surface area contributed by atoms with E-state index >= 15 is 0 Å². The number of nitro benzene ring substituents is 6. The molecule has 0 radical (unpaired) electrons. The maximum absolute atomic E-state index is 11.2. The SMILES string of the molecule is N.O=C(O)CC(=O)O.O=C(O)C[N+](CC(=O)O)(CC(=O)O)CC(=O)O.O=[N+]([O-])c1cc([N+](=O)[O-])c(OCCOc2c([N+](=O)[O-])cc([N+](=O)[O-])cc2[N+](=O)[O-])c([N+](=O)[O-])c1.[C-]#N.[H-].[Na+]. The second kappa shape index (κ2) is 28.2. The number of ether oxygens (including phenoxy) is 2. The summed E-state index contributed by atoms with van der Waals surface area (Å²) in [5, 5.41) is 123. The molecule has 0 aliphatic heterocycles. The first-order valence-corrected chi connectivity index (χ1v) is 14.5. The monoisotopic (exact) mass is 905 g/mol. The molecule has 0 atom stereocenters. The number of benzene rings is 2. The van der Waals surface area contributed by atoms with Crippen LogP contribution in [0.5, 0.6) is 11.5 Å². The van der Waals surface area contributed by atoms with Gasteiger partial charge in [0.05, 0.1) is 53.8 Å². The van der Waals surface area contributed by atoms with E-state index in [2.05, 4.69) is 0 Å². The molecule has 62 heavy (non-hydrogen) atoms. The molecule has 0 saturated heterocycles. The van der Waals surface area contributed by atoms with Crippen LogP contribution >= 0.6 is 0 Å². The first-order valence-electron chi connectivity index (χ1n) is 14.5. The zero-order valence-corrected chi connectivity index (χ0v) is 32.9. The Morgan fingerprint density at radius 1 is 0.500 bits per heavy atom. The molecule has 9 N–H and O–H groups in total. The minimum Gasteiger partial charge on any atom is -1.00 e. The zero-order valence-electron chi connectivity index (χ0n) is 31.9. The van der Waals surface area contributed by atoms with Crippen LogP contribution in [-0.2, 0) is 28.8 Å². The molecule has 0 bridgehead atoms. The van der Waals surface area contributed by atoms with Crippen LogP contribution in [0.2, 0.25) is 0 Å². The average molecular weight is 906 g/mol. The Kier molecular flexibility index (Phi) is 27.4. The van der Waals surface area contributed by atoms with Gasteiger partial charge < -0.3 is 59.5 Å². The van der Waals surface area contributed by atoms with Crippen LogP contribution in [0.3, 0.4) is 0 Å². The van der Waals surface area contributed by atoms with E-state index in [1.165, 1.54) is 0 Å². The Balaban J connectivity index is -0.000000324. The molecule has 36 heteroatoms. The van der Waals surface area contributed by atoms with Gasteiger partial charge in [0.2, 0.25) is 0 Å². The number of aliphatic carboxylic acids is 6. The fourth-order valence-corrected chi connectivity index (χ4v) is 4.12. The van der Waals surface area contributed by atoms with Crippen LogP contribution in [0.25, 0.3) is 0 Å². The van der Waals surface area contributed by atoms with Crippen molar-refractivity contribution in [2.45, 2.75) is 6.42 Å². The average Bonchev–Trinajstić information content (AvgIpc) is 3.08. The van der Waals surface area contributed by atoms with Crippen LogP contribution < -0.4 is 45.2 Å². The maximum atomic E-state index is 11.2. The molecule has 0 aliphatic carbocycles. The Bertz CT molecular complexity index is 1850. The standard InChI is InChI=1S/C14H8N6O14.C8H11NO8.C3H4O4.CN.H3N.Na.H/c21-15(22)7-3-9(17(25)26)13(10(4-7)18(27)28)33-1-2-34-14-11(19(29)30)5-8(16(23)24)6-12(14)20(31)32;10-5(11)1-9(2-6(12)13,3-7(14)15)4-8(16)17;4-2(5)1-3(6)7;1-2;;;/h3-6H,1-2H2;1-4H2,(H3-,10,11,12,13,14,15,16,17);1H2,(H,4,5)(H,6,7);;1H3;;/q;;;-1;;+1;-1/p+1. The van der Waals surface area contributed by atoms with Gasteiger partial charge in [0.1, 0.15) is 19.6 Å². The molecule has 0 aliphatic rings. The van der Waals surface area contributed by atoms with Crippen molar-refractivity contribution < 1.29 is 134 Å². The smallest absolute Gasteiger partial charge is 1.00 e. The summed E-state index contributed by atoms with van der Waals surface area (Å²) in [4.78, 5) is 121.